The van der Waals surface area contributed by atoms with Crippen LogP contribution in [0.15, 0.2) is 29.0 Å². The van der Waals surface area contributed by atoms with E-state index in [1.165, 1.54) is 21.2 Å². The van der Waals surface area contributed by atoms with Crippen LogP contribution in [0.1, 0.15) is 35.5 Å². The Kier molecular flexibility index (Phi) is 5.00. The molecule has 0 aliphatic heterocycles. The number of nitrogens with zero attached hydrogens (tertiary/aromatic N) is 2. The van der Waals surface area contributed by atoms with Gasteiger partial charge in [0.2, 0.25) is 0 Å². The highest BCUT2D eigenvalue weighted by atomic mass is 79.9. The van der Waals surface area contributed by atoms with Crippen molar-refractivity contribution in [2.45, 2.75) is 39.8 Å². The van der Waals surface area contributed by atoms with E-state index in [2.05, 4.69) is 63.7 Å². The van der Waals surface area contributed by atoms with Gasteiger partial charge in [-0.05, 0) is 44.5 Å². The van der Waals surface area contributed by atoms with Gasteiger partial charge in [-0.2, -0.15) is 0 Å². The number of aryl methyl sites for hydroxylation is 3. The molecule has 2 rings (SSSR count). The fourth-order valence-corrected chi connectivity index (χ4v) is 2.80. The zero-order chi connectivity index (χ0) is 14.7. The highest BCUT2D eigenvalue weighted by Crippen LogP contribution is 2.27. The van der Waals surface area contributed by atoms with Crippen LogP contribution in [0, 0.1) is 13.8 Å². The largest absolute Gasteiger partial charge is 0.335 e. The number of hydrogen-bond donors (Lipinski definition) is 1. The van der Waals surface area contributed by atoms with Crippen molar-refractivity contribution >= 4 is 15.9 Å². The summed E-state index contributed by atoms with van der Waals surface area (Å²) in [6, 6.07) is 4.78. The average molecular weight is 336 g/mol. The van der Waals surface area contributed by atoms with Crippen molar-refractivity contribution in [3.05, 3.63) is 51.5 Å². The Morgan fingerprint density at radius 2 is 1.95 bits per heavy atom. The second kappa shape index (κ2) is 6.55. The number of hydrogen-bond acceptors (Lipinski definition) is 2. The van der Waals surface area contributed by atoms with Crippen molar-refractivity contribution in [2.75, 3.05) is 7.05 Å². The van der Waals surface area contributed by atoms with Gasteiger partial charge in [-0.25, -0.2) is 4.98 Å². The van der Waals surface area contributed by atoms with Crippen LogP contribution in [0.25, 0.3) is 0 Å². The van der Waals surface area contributed by atoms with Crippen molar-refractivity contribution in [3.8, 4) is 0 Å². The minimum absolute atomic E-state index is 0.285. The van der Waals surface area contributed by atoms with Crippen molar-refractivity contribution in [1.29, 1.82) is 0 Å². The molecule has 2 aromatic rings. The van der Waals surface area contributed by atoms with Crippen LogP contribution in [-0.4, -0.2) is 16.6 Å². The average Bonchev–Trinajstić information content (AvgIpc) is 2.88. The molecular formula is C16H22BrN3. The molecule has 1 unspecified atom stereocenters. The summed E-state index contributed by atoms with van der Waals surface area (Å²) >= 11 is 3.63. The molecule has 0 bridgehead atoms. The number of halogens is 1. The van der Waals surface area contributed by atoms with Gasteiger partial charge in [0.1, 0.15) is 5.82 Å². The maximum absolute atomic E-state index is 4.48. The molecule has 0 aliphatic carbocycles. The molecular weight excluding hydrogens is 314 g/mol. The van der Waals surface area contributed by atoms with Crippen molar-refractivity contribution in [3.63, 3.8) is 0 Å². The third-order valence-electron chi connectivity index (χ3n) is 3.74. The predicted octanol–water partition coefficient (Wildman–Crippen LogP) is 3.79. The van der Waals surface area contributed by atoms with E-state index in [0.717, 1.165) is 18.8 Å². The molecule has 0 spiro atoms. The molecule has 108 valence electrons. The fourth-order valence-electron chi connectivity index (χ4n) is 2.57. The van der Waals surface area contributed by atoms with Crippen LogP contribution >= 0.6 is 15.9 Å². The first kappa shape index (κ1) is 15.3. The van der Waals surface area contributed by atoms with Crippen LogP contribution in [0.3, 0.4) is 0 Å². The van der Waals surface area contributed by atoms with Crippen molar-refractivity contribution in [1.82, 2.24) is 14.9 Å². The quantitative estimate of drug-likeness (QED) is 0.900. The number of benzene rings is 1. The summed E-state index contributed by atoms with van der Waals surface area (Å²) in [5, 5.41) is 3.41. The molecule has 0 radical (unpaired) electrons. The topological polar surface area (TPSA) is 29.9 Å². The maximum Gasteiger partial charge on any atom is 0.110 e. The van der Waals surface area contributed by atoms with Crippen LogP contribution in [-0.2, 0) is 13.0 Å². The number of rotatable bonds is 5. The normalized spacial score (nSPS) is 12.7. The zero-order valence-corrected chi connectivity index (χ0v) is 14.2. The van der Waals surface area contributed by atoms with Gasteiger partial charge in [-0.15, -0.1) is 0 Å². The zero-order valence-electron chi connectivity index (χ0n) is 12.6. The highest BCUT2D eigenvalue weighted by molar-refractivity contribution is 9.10. The summed E-state index contributed by atoms with van der Waals surface area (Å²) in [4.78, 5) is 4.48. The van der Waals surface area contributed by atoms with E-state index in [-0.39, 0.29) is 6.04 Å². The maximum atomic E-state index is 4.48. The van der Waals surface area contributed by atoms with Crippen molar-refractivity contribution in [2.24, 2.45) is 0 Å². The molecule has 1 atom stereocenters. The van der Waals surface area contributed by atoms with E-state index in [9.17, 15) is 0 Å². The lowest BCUT2D eigenvalue weighted by atomic mass is 9.99. The molecule has 0 fully saturated rings. The number of nitrogens with one attached hydrogen (secondary N) is 1. The Labute approximate surface area is 129 Å². The van der Waals surface area contributed by atoms with Gasteiger partial charge in [-0.1, -0.05) is 28.1 Å². The summed E-state index contributed by atoms with van der Waals surface area (Å²) in [5.74, 6) is 1.13. The van der Waals surface area contributed by atoms with E-state index in [4.69, 9.17) is 0 Å². The molecule has 1 heterocycles. The van der Waals surface area contributed by atoms with Gasteiger partial charge in [-0.3, -0.25) is 0 Å². The molecule has 20 heavy (non-hydrogen) atoms. The van der Waals surface area contributed by atoms with Crippen molar-refractivity contribution < 1.29 is 0 Å². The van der Waals surface area contributed by atoms with Gasteiger partial charge < -0.3 is 9.88 Å². The van der Waals surface area contributed by atoms with Gasteiger partial charge in [0, 0.05) is 35.9 Å². The minimum Gasteiger partial charge on any atom is -0.335 e. The SMILES string of the molecule is CCn1ccnc1CC(NC)c1cc(C)c(Br)c(C)c1. The molecule has 0 aliphatic rings. The molecule has 1 aromatic heterocycles. The summed E-state index contributed by atoms with van der Waals surface area (Å²) in [6.45, 7) is 7.39. The molecule has 3 nitrogen and oxygen atoms in total. The Bertz CT molecular complexity index is 566. The van der Waals surface area contributed by atoms with Gasteiger partial charge >= 0.3 is 0 Å². The van der Waals surface area contributed by atoms with Crippen LogP contribution in [0.5, 0.6) is 0 Å². The monoisotopic (exact) mass is 335 g/mol. The number of imidazole rings is 1. The summed E-state index contributed by atoms with van der Waals surface area (Å²) in [5.41, 5.74) is 3.87. The third-order valence-corrected chi connectivity index (χ3v) is 4.99. The lowest BCUT2D eigenvalue weighted by molar-refractivity contribution is 0.552. The van der Waals surface area contributed by atoms with Crippen LogP contribution < -0.4 is 5.32 Å². The standard InChI is InChI=1S/C16H22BrN3/c1-5-20-7-6-19-15(20)10-14(18-4)13-8-11(2)16(17)12(3)9-13/h6-9,14,18H,5,10H2,1-4H3. The van der Waals surface area contributed by atoms with Gasteiger partial charge in [0.25, 0.3) is 0 Å². The first-order valence-electron chi connectivity index (χ1n) is 7.00. The third kappa shape index (κ3) is 3.13. The molecule has 1 N–H and O–H groups in total. The number of aromatic nitrogens is 2. The molecule has 0 saturated carbocycles. The predicted molar refractivity (Wildman–Crippen MR) is 87.0 cm³/mol. The van der Waals surface area contributed by atoms with Gasteiger partial charge in [0.15, 0.2) is 0 Å². The molecule has 0 saturated heterocycles. The minimum atomic E-state index is 0.285. The number of likely N-dealkylation sites (N-methyl/N-ethyl adjacent to an activating group) is 1. The smallest absolute Gasteiger partial charge is 0.110 e. The van der Waals surface area contributed by atoms with E-state index < -0.39 is 0 Å². The molecule has 0 amide bonds. The first-order valence-corrected chi connectivity index (χ1v) is 7.80. The Morgan fingerprint density at radius 1 is 1.30 bits per heavy atom. The van der Waals surface area contributed by atoms with Crippen LogP contribution in [0.4, 0.5) is 0 Å². The summed E-state index contributed by atoms with van der Waals surface area (Å²) in [7, 11) is 2.01. The van der Waals surface area contributed by atoms with Gasteiger partial charge in [0.05, 0.1) is 0 Å². The molecule has 4 heteroatoms. The second-order valence-electron chi connectivity index (χ2n) is 5.14. The van der Waals surface area contributed by atoms with E-state index in [0.29, 0.717) is 0 Å². The Balaban J connectivity index is 2.29. The van der Waals surface area contributed by atoms with E-state index in [1.54, 1.807) is 0 Å². The summed E-state index contributed by atoms with van der Waals surface area (Å²) in [6.07, 6.45) is 4.82. The lowest BCUT2D eigenvalue weighted by Gasteiger charge is -2.19. The first-order chi connectivity index (χ1) is 9.56. The van der Waals surface area contributed by atoms with E-state index >= 15 is 0 Å². The second-order valence-corrected chi connectivity index (χ2v) is 5.94. The van der Waals surface area contributed by atoms with E-state index in [1.807, 2.05) is 19.4 Å². The Hall–Kier alpha value is -1.13. The molecule has 1 aromatic carbocycles. The highest BCUT2D eigenvalue weighted by Gasteiger charge is 2.15. The fraction of sp³-hybridized carbons (Fsp3) is 0.438. The summed E-state index contributed by atoms with van der Waals surface area (Å²) < 4.78 is 3.40. The van der Waals surface area contributed by atoms with Crippen LogP contribution in [0.2, 0.25) is 0 Å². The Morgan fingerprint density at radius 3 is 2.50 bits per heavy atom. The lowest BCUT2D eigenvalue weighted by Crippen LogP contribution is -2.21.